The van der Waals surface area contributed by atoms with Crippen molar-refractivity contribution < 1.29 is 4.74 Å². The second-order valence-electron chi connectivity index (χ2n) is 5.30. The van der Waals surface area contributed by atoms with Crippen LogP contribution in [0.15, 0.2) is 18.5 Å². The van der Waals surface area contributed by atoms with Crippen LogP contribution in [0.2, 0.25) is 0 Å². The van der Waals surface area contributed by atoms with Gasteiger partial charge >= 0.3 is 0 Å². The maximum absolute atomic E-state index is 5.03. The zero-order valence-corrected chi connectivity index (χ0v) is 12.9. The number of hydrogen-bond acceptors (Lipinski definition) is 6. The zero-order valence-electron chi connectivity index (χ0n) is 12.9. The molecule has 0 fully saturated rings. The minimum Gasteiger partial charge on any atom is -0.480 e. The van der Waals surface area contributed by atoms with Crippen molar-refractivity contribution in [3.05, 3.63) is 30.0 Å². The monoisotopic (exact) mass is 290 g/mol. The second-order valence-corrected chi connectivity index (χ2v) is 5.30. The Morgan fingerprint density at radius 1 is 1.29 bits per heavy atom. The van der Waals surface area contributed by atoms with Gasteiger partial charge in [0.1, 0.15) is 12.2 Å². The number of hydrogen-bond donors (Lipinski definition) is 1. The van der Waals surface area contributed by atoms with Crippen LogP contribution in [0.5, 0.6) is 5.88 Å². The normalized spacial score (nSPS) is 12.6. The highest BCUT2D eigenvalue weighted by molar-refractivity contribution is 5.15. The van der Waals surface area contributed by atoms with Crippen molar-refractivity contribution >= 4 is 0 Å². The van der Waals surface area contributed by atoms with Crippen LogP contribution in [0.1, 0.15) is 31.4 Å². The molecule has 0 aromatic carbocycles. The van der Waals surface area contributed by atoms with Gasteiger partial charge in [-0.25, -0.2) is 9.67 Å². The summed E-state index contributed by atoms with van der Waals surface area (Å²) >= 11 is 0. The number of nitrogens with zero attached hydrogens (tertiary/aromatic N) is 5. The molecule has 0 aliphatic rings. The van der Waals surface area contributed by atoms with Crippen LogP contribution in [-0.2, 0) is 13.0 Å². The van der Waals surface area contributed by atoms with Gasteiger partial charge in [0.15, 0.2) is 0 Å². The van der Waals surface area contributed by atoms with Gasteiger partial charge in [-0.3, -0.25) is 0 Å². The van der Waals surface area contributed by atoms with Crippen LogP contribution >= 0.6 is 0 Å². The number of methoxy groups -OCH3 is 1. The molecule has 0 amide bonds. The molecule has 0 bridgehead atoms. The lowest BCUT2D eigenvalue weighted by molar-refractivity contribution is 0.389. The van der Waals surface area contributed by atoms with E-state index in [-0.39, 0.29) is 6.04 Å². The van der Waals surface area contributed by atoms with E-state index in [9.17, 15) is 0 Å². The Balaban J connectivity index is 2.13. The van der Waals surface area contributed by atoms with Gasteiger partial charge in [-0.05, 0) is 19.0 Å². The second kappa shape index (κ2) is 7.12. The highest BCUT2D eigenvalue weighted by Gasteiger charge is 2.16. The number of ether oxygens (including phenoxy) is 1. The summed E-state index contributed by atoms with van der Waals surface area (Å²) in [6, 6.07) is 3.76. The topological polar surface area (TPSA) is 77.8 Å². The highest BCUT2D eigenvalue weighted by atomic mass is 16.5. The highest BCUT2D eigenvalue weighted by Crippen LogP contribution is 2.16. The van der Waals surface area contributed by atoms with Crippen molar-refractivity contribution in [1.82, 2.24) is 30.3 Å². The summed E-state index contributed by atoms with van der Waals surface area (Å²) < 4.78 is 6.98. The van der Waals surface area contributed by atoms with Crippen LogP contribution in [0.25, 0.3) is 0 Å². The average molecular weight is 290 g/mol. The van der Waals surface area contributed by atoms with Crippen molar-refractivity contribution in [3.8, 4) is 5.88 Å². The molecule has 0 aliphatic heterocycles. The Bertz CT molecular complexity index is 551. The van der Waals surface area contributed by atoms with E-state index in [1.54, 1.807) is 13.4 Å². The Morgan fingerprint density at radius 3 is 2.67 bits per heavy atom. The molecule has 1 atom stereocenters. The molecule has 1 unspecified atom stereocenters. The van der Waals surface area contributed by atoms with Crippen molar-refractivity contribution in [2.45, 2.75) is 32.9 Å². The molecule has 0 aliphatic carbocycles. The summed E-state index contributed by atoms with van der Waals surface area (Å²) in [4.78, 5) is 4.36. The summed E-state index contributed by atoms with van der Waals surface area (Å²) in [7, 11) is 3.48. The first kappa shape index (κ1) is 15.4. The van der Waals surface area contributed by atoms with Crippen molar-refractivity contribution in [2.75, 3.05) is 14.2 Å². The molecule has 2 heterocycles. The van der Waals surface area contributed by atoms with Crippen molar-refractivity contribution in [1.29, 1.82) is 0 Å². The third kappa shape index (κ3) is 3.98. The van der Waals surface area contributed by atoms with E-state index in [4.69, 9.17) is 4.74 Å². The average Bonchev–Trinajstić information content (AvgIpc) is 2.91. The summed E-state index contributed by atoms with van der Waals surface area (Å²) in [5, 5.41) is 15.7. The fourth-order valence-corrected chi connectivity index (χ4v) is 2.11. The van der Waals surface area contributed by atoms with Gasteiger partial charge in [0, 0.05) is 19.0 Å². The Kier molecular flexibility index (Phi) is 5.21. The predicted molar refractivity (Wildman–Crippen MR) is 78.9 cm³/mol. The summed E-state index contributed by atoms with van der Waals surface area (Å²) in [5.41, 5.74) is 0.859. The van der Waals surface area contributed by atoms with E-state index in [2.05, 4.69) is 39.4 Å². The number of rotatable bonds is 7. The molecule has 7 heteroatoms. The molecule has 2 aromatic rings. The molecule has 114 valence electrons. The minimum absolute atomic E-state index is 0.0403. The molecule has 0 spiro atoms. The van der Waals surface area contributed by atoms with Gasteiger partial charge in [-0.2, -0.15) is 10.2 Å². The van der Waals surface area contributed by atoms with Gasteiger partial charge in [-0.15, -0.1) is 5.10 Å². The molecular weight excluding hydrogens is 268 g/mol. The molecule has 1 N–H and O–H groups in total. The molecular formula is C14H22N6O. The third-order valence-corrected chi connectivity index (χ3v) is 3.20. The third-order valence-electron chi connectivity index (χ3n) is 3.20. The molecule has 0 saturated carbocycles. The lowest BCUT2D eigenvalue weighted by Crippen LogP contribution is -2.23. The van der Waals surface area contributed by atoms with Gasteiger partial charge in [0.25, 0.3) is 0 Å². The van der Waals surface area contributed by atoms with E-state index in [0.29, 0.717) is 18.2 Å². The minimum atomic E-state index is 0.0403. The number of nitrogens with one attached hydrogen (secondary N) is 1. The lowest BCUT2D eigenvalue weighted by Gasteiger charge is -2.16. The smallest absolute Gasteiger partial charge is 0.233 e. The first-order valence-corrected chi connectivity index (χ1v) is 7.05. The van der Waals surface area contributed by atoms with Crippen LogP contribution < -0.4 is 10.1 Å². The molecule has 0 radical (unpaired) electrons. The molecule has 2 rings (SSSR count). The lowest BCUT2D eigenvalue weighted by atomic mass is 10.1. The fourth-order valence-electron chi connectivity index (χ4n) is 2.11. The largest absolute Gasteiger partial charge is 0.480 e. The van der Waals surface area contributed by atoms with Crippen LogP contribution in [0, 0.1) is 5.92 Å². The molecule has 7 nitrogen and oxygen atoms in total. The number of likely N-dealkylation sites (N-methyl/N-ethyl adjacent to an activating group) is 1. The Morgan fingerprint density at radius 2 is 2.10 bits per heavy atom. The van der Waals surface area contributed by atoms with E-state index in [1.807, 2.05) is 23.9 Å². The van der Waals surface area contributed by atoms with Gasteiger partial charge < -0.3 is 10.1 Å². The molecule has 21 heavy (non-hydrogen) atoms. The zero-order chi connectivity index (χ0) is 15.2. The van der Waals surface area contributed by atoms with E-state index in [0.717, 1.165) is 18.1 Å². The first-order valence-electron chi connectivity index (χ1n) is 7.05. The molecule has 2 aromatic heterocycles. The predicted octanol–water partition coefficient (Wildman–Crippen LogP) is 1.24. The van der Waals surface area contributed by atoms with Crippen LogP contribution in [0.3, 0.4) is 0 Å². The summed E-state index contributed by atoms with van der Waals surface area (Å²) in [5.74, 6) is 1.98. The van der Waals surface area contributed by atoms with Gasteiger partial charge in [0.05, 0.1) is 18.8 Å². The maximum Gasteiger partial charge on any atom is 0.233 e. The Hall–Kier alpha value is -2.02. The molecule has 0 saturated heterocycles. The van der Waals surface area contributed by atoms with Crippen LogP contribution in [-0.4, -0.2) is 39.1 Å². The van der Waals surface area contributed by atoms with E-state index >= 15 is 0 Å². The van der Waals surface area contributed by atoms with Gasteiger partial charge in [-0.1, -0.05) is 13.8 Å². The summed E-state index contributed by atoms with van der Waals surface area (Å²) in [6.45, 7) is 5.19. The maximum atomic E-state index is 5.03. The van der Waals surface area contributed by atoms with Crippen molar-refractivity contribution in [2.24, 2.45) is 5.92 Å². The number of aromatic nitrogens is 5. The Labute approximate surface area is 124 Å². The summed E-state index contributed by atoms with van der Waals surface area (Å²) in [6.07, 6.45) is 2.31. The first-order chi connectivity index (χ1) is 10.1. The SMILES string of the molecule is CNC(Cc1ncnn1CC(C)C)c1ccc(OC)nn1. The van der Waals surface area contributed by atoms with E-state index < -0.39 is 0 Å². The quantitative estimate of drug-likeness (QED) is 0.826. The van der Waals surface area contributed by atoms with E-state index in [1.165, 1.54) is 0 Å². The van der Waals surface area contributed by atoms with Crippen LogP contribution in [0.4, 0.5) is 0 Å². The van der Waals surface area contributed by atoms with Gasteiger partial charge in [0.2, 0.25) is 5.88 Å². The van der Waals surface area contributed by atoms with Crippen molar-refractivity contribution in [3.63, 3.8) is 0 Å². The standard InChI is InChI=1S/C14H22N6O/c1-10(2)8-20-13(16-9-17-20)7-12(15-3)11-5-6-14(21-4)19-18-11/h5-6,9-10,12,15H,7-8H2,1-4H3. The fraction of sp³-hybridized carbons (Fsp3) is 0.571.